The lowest BCUT2D eigenvalue weighted by atomic mass is 10.0. The molecule has 106 valence electrons. The quantitative estimate of drug-likeness (QED) is 0.385. The van der Waals surface area contributed by atoms with Gasteiger partial charge in [0.2, 0.25) is 0 Å². The van der Waals surface area contributed by atoms with Crippen LogP contribution in [-0.2, 0) is 9.47 Å². The summed E-state index contributed by atoms with van der Waals surface area (Å²) in [7, 11) is 0. The standard InChI is InChI=1S/C11H22N2O5/c12-5-1-6(13)8(2-5)17-10-3-7(15)11(16)9(4-14)18-10/h5-11,14-16H,1-4,12-13H2/t5?,6?,7?,8?,9?,10-,11-/m0/s1. The Labute approximate surface area is 106 Å². The number of aliphatic hydroxyl groups excluding tert-OH is 3. The van der Waals surface area contributed by atoms with E-state index in [0.717, 1.165) is 0 Å². The van der Waals surface area contributed by atoms with E-state index in [1.54, 1.807) is 0 Å². The van der Waals surface area contributed by atoms with Crippen LogP contribution in [0.15, 0.2) is 0 Å². The second-order valence-electron chi connectivity index (χ2n) is 5.15. The van der Waals surface area contributed by atoms with Crippen molar-refractivity contribution >= 4 is 0 Å². The monoisotopic (exact) mass is 262 g/mol. The Bertz CT molecular complexity index is 280. The van der Waals surface area contributed by atoms with E-state index in [4.69, 9.17) is 26.0 Å². The number of hydrogen-bond donors (Lipinski definition) is 5. The van der Waals surface area contributed by atoms with Crippen molar-refractivity contribution in [2.24, 2.45) is 11.5 Å². The van der Waals surface area contributed by atoms with Crippen molar-refractivity contribution in [2.75, 3.05) is 6.61 Å². The zero-order valence-corrected chi connectivity index (χ0v) is 10.2. The molecule has 1 heterocycles. The predicted octanol–water partition coefficient (Wildman–Crippen LogP) is -2.35. The molecule has 0 aromatic heterocycles. The van der Waals surface area contributed by atoms with Gasteiger partial charge in [0.15, 0.2) is 6.29 Å². The van der Waals surface area contributed by atoms with Crippen LogP contribution in [-0.4, -0.2) is 64.7 Å². The zero-order chi connectivity index (χ0) is 13.3. The number of ether oxygens (including phenoxy) is 2. The number of hydrogen-bond acceptors (Lipinski definition) is 7. The minimum Gasteiger partial charge on any atom is -0.394 e. The third-order valence-electron chi connectivity index (χ3n) is 3.63. The van der Waals surface area contributed by atoms with Crippen LogP contribution in [0, 0.1) is 0 Å². The lowest BCUT2D eigenvalue weighted by molar-refractivity contribution is -0.269. The largest absolute Gasteiger partial charge is 0.394 e. The van der Waals surface area contributed by atoms with Crippen molar-refractivity contribution < 1.29 is 24.8 Å². The molecule has 7 heteroatoms. The summed E-state index contributed by atoms with van der Waals surface area (Å²) in [4.78, 5) is 0. The van der Waals surface area contributed by atoms with E-state index in [9.17, 15) is 10.2 Å². The highest BCUT2D eigenvalue weighted by Gasteiger charge is 2.40. The van der Waals surface area contributed by atoms with Crippen molar-refractivity contribution in [1.82, 2.24) is 0 Å². The first-order valence-corrected chi connectivity index (χ1v) is 6.30. The van der Waals surface area contributed by atoms with E-state index in [1.165, 1.54) is 0 Å². The molecule has 2 rings (SSSR count). The van der Waals surface area contributed by atoms with Crippen LogP contribution in [0.25, 0.3) is 0 Å². The molecule has 2 fully saturated rings. The minimum atomic E-state index is -1.09. The van der Waals surface area contributed by atoms with Gasteiger partial charge in [-0.2, -0.15) is 0 Å². The smallest absolute Gasteiger partial charge is 0.161 e. The second kappa shape index (κ2) is 5.79. The molecule has 5 unspecified atom stereocenters. The molecule has 7 nitrogen and oxygen atoms in total. The van der Waals surface area contributed by atoms with Gasteiger partial charge in [0.25, 0.3) is 0 Å². The number of aliphatic hydroxyl groups is 3. The fourth-order valence-electron chi connectivity index (χ4n) is 2.58. The van der Waals surface area contributed by atoms with Crippen LogP contribution in [0.1, 0.15) is 19.3 Å². The van der Waals surface area contributed by atoms with Crippen molar-refractivity contribution in [1.29, 1.82) is 0 Å². The van der Waals surface area contributed by atoms with Gasteiger partial charge < -0.3 is 36.3 Å². The van der Waals surface area contributed by atoms with E-state index in [-0.39, 0.29) is 31.2 Å². The Morgan fingerprint density at radius 2 is 1.89 bits per heavy atom. The average molecular weight is 262 g/mol. The summed E-state index contributed by atoms with van der Waals surface area (Å²) in [5.74, 6) is 0. The van der Waals surface area contributed by atoms with E-state index >= 15 is 0 Å². The van der Waals surface area contributed by atoms with Gasteiger partial charge in [-0.15, -0.1) is 0 Å². The Morgan fingerprint density at radius 3 is 2.44 bits per heavy atom. The molecule has 0 amide bonds. The molecule has 2 aliphatic rings. The van der Waals surface area contributed by atoms with E-state index in [1.807, 2.05) is 0 Å². The highest BCUT2D eigenvalue weighted by atomic mass is 16.7. The van der Waals surface area contributed by atoms with Gasteiger partial charge in [-0.3, -0.25) is 0 Å². The summed E-state index contributed by atoms with van der Waals surface area (Å²) in [6.07, 6.45) is -2.23. The zero-order valence-electron chi connectivity index (χ0n) is 10.2. The van der Waals surface area contributed by atoms with Gasteiger partial charge in [-0.25, -0.2) is 0 Å². The molecule has 1 saturated heterocycles. The van der Waals surface area contributed by atoms with E-state index in [2.05, 4.69) is 0 Å². The summed E-state index contributed by atoms with van der Waals surface area (Å²) in [5, 5.41) is 28.3. The highest BCUT2D eigenvalue weighted by Crippen LogP contribution is 2.26. The predicted molar refractivity (Wildman–Crippen MR) is 62.4 cm³/mol. The first kappa shape index (κ1) is 14.1. The first-order chi connectivity index (χ1) is 8.51. The summed E-state index contributed by atoms with van der Waals surface area (Å²) < 4.78 is 11.1. The maximum atomic E-state index is 9.66. The highest BCUT2D eigenvalue weighted by molar-refractivity contribution is 4.90. The van der Waals surface area contributed by atoms with Crippen molar-refractivity contribution in [3.8, 4) is 0 Å². The number of rotatable bonds is 3. The van der Waals surface area contributed by atoms with Gasteiger partial charge in [0, 0.05) is 18.5 Å². The molecule has 0 bridgehead atoms. The molecule has 1 aliphatic carbocycles. The Hall–Kier alpha value is -0.280. The minimum absolute atomic E-state index is 0.0257. The Balaban J connectivity index is 1.90. The molecule has 0 aromatic rings. The fourth-order valence-corrected chi connectivity index (χ4v) is 2.58. The van der Waals surface area contributed by atoms with Gasteiger partial charge >= 0.3 is 0 Å². The molecule has 7 N–H and O–H groups in total. The maximum Gasteiger partial charge on any atom is 0.161 e. The number of nitrogens with two attached hydrogens (primary N) is 2. The second-order valence-corrected chi connectivity index (χ2v) is 5.15. The van der Waals surface area contributed by atoms with E-state index < -0.39 is 24.6 Å². The molecule has 1 saturated carbocycles. The third-order valence-corrected chi connectivity index (χ3v) is 3.63. The SMILES string of the molecule is NC1CC(N)C(O[C@@H]2CC(O)[C@H](O)C(CO)O2)C1. The van der Waals surface area contributed by atoms with Gasteiger partial charge in [-0.05, 0) is 12.8 Å². The van der Waals surface area contributed by atoms with Gasteiger partial charge in [0.1, 0.15) is 12.2 Å². The Morgan fingerprint density at radius 1 is 1.17 bits per heavy atom. The fraction of sp³-hybridized carbons (Fsp3) is 1.00. The molecule has 18 heavy (non-hydrogen) atoms. The third kappa shape index (κ3) is 3.00. The van der Waals surface area contributed by atoms with Crippen LogP contribution in [0.4, 0.5) is 0 Å². The van der Waals surface area contributed by atoms with Crippen LogP contribution >= 0.6 is 0 Å². The van der Waals surface area contributed by atoms with Crippen molar-refractivity contribution in [3.63, 3.8) is 0 Å². The first-order valence-electron chi connectivity index (χ1n) is 6.30. The lowest BCUT2D eigenvalue weighted by Gasteiger charge is -2.37. The summed E-state index contributed by atoms with van der Waals surface area (Å²) in [6, 6.07) is -0.113. The summed E-state index contributed by atoms with van der Waals surface area (Å²) in [5.41, 5.74) is 11.7. The molecule has 0 radical (unpaired) electrons. The lowest BCUT2D eigenvalue weighted by Crippen LogP contribution is -2.51. The topological polar surface area (TPSA) is 131 Å². The van der Waals surface area contributed by atoms with Crippen LogP contribution in [0.5, 0.6) is 0 Å². The molecular formula is C11H22N2O5. The van der Waals surface area contributed by atoms with Crippen molar-refractivity contribution in [3.05, 3.63) is 0 Å². The normalized spacial score (nSPS) is 49.5. The average Bonchev–Trinajstić information content (AvgIpc) is 2.62. The van der Waals surface area contributed by atoms with Gasteiger partial charge in [-0.1, -0.05) is 0 Å². The molecule has 1 aliphatic heterocycles. The van der Waals surface area contributed by atoms with Gasteiger partial charge in [0.05, 0.1) is 18.8 Å². The van der Waals surface area contributed by atoms with Crippen molar-refractivity contribution in [2.45, 2.75) is 62.1 Å². The van der Waals surface area contributed by atoms with E-state index in [0.29, 0.717) is 12.8 Å². The van der Waals surface area contributed by atoms with Crippen LogP contribution < -0.4 is 11.5 Å². The molecule has 0 spiro atoms. The molecule has 7 atom stereocenters. The summed E-state index contributed by atoms with van der Waals surface area (Å²) >= 11 is 0. The summed E-state index contributed by atoms with van der Waals surface area (Å²) in [6.45, 7) is -0.367. The Kier molecular flexibility index (Phi) is 4.54. The van der Waals surface area contributed by atoms with Crippen LogP contribution in [0.2, 0.25) is 0 Å². The maximum absolute atomic E-state index is 9.66. The van der Waals surface area contributed by atoms with Crippen LogP contribution in [0.3, 0.4) is 0 Å². The molecule has 0 aromatic carbocycles. The molecular weight excluding hydrogens is 240 g/mol.